The molecule has 1 saturated heterocycles. The molecule has 0 aromatic heterocycles. The van der Waals surface area contributed by atoms with Crippen molar-refractivity contribution in [3.8, 4) is 5.75 Å². The molecule has 1 N–H and O–H groups in total. The fourth-order valence-corrected chi connectivity index (χ4v) is 2.19. The van der Waals surface area contributed by atoms with Crippen LogP contribution in [0.25, 0.3) is 0 Å². The Kier molecular flexibility index (Phi) is 3.69. The lowest BCUT2D eigenvalue weighted by Crippen LogP contribution is -2.25. The molecule has 0 radical (unpaired) electrons. The van der Waals surface area contributed by atoms with E-state index in [1.165, 1.54) is 0 Å². The van der Waals surface area contributed by atoms with E-state index in [2.05, 4.69) is 5.32 Å². The first kappa shape index (κ1) is 12.5. The van der Waals surface area contributed by atoms with Gasteiger partial charge in [0.2, 0.25) is 0 Å². The fraction of sp³-hybridized carbons (Fsp3) is 0.533. The molecule has 2 fully saturated rings. The molecule has 1 heterocycles. The van der Waals surface area contributed by atoms with Crippen molar-refractivity contribution < 1.29 is 14.3 Å². The van der Waals surface area contributed by atoms with E-state index in [1.807, 2.05) is 18.2 Å². The second-order valence-corrected chi connectivity index (χ2v) is 5.22. The summed E-state index contributed by atoms with van der Waals surface area (Å²) in [6.45, 7) is 1.39. The molecule has 1 atom stereocenters. The third kappa shape index (κ3) is 3.47. The van der Waals surface area contributed by atoms with Gasteiger partial charge in [-0.1, -0.05) is 6.07 Å². The summed E-state index contributed by atoms with van der Waals surface area (Å²) in [6, 6.07) is 7.72. The fourth-order valence-electron chi connectivity index (χ4n) is 2.19. The number of carbonyl (C=O) groups is 1. The number of rotatable bonds is 5. The lowest BCUT2D eigenvalue weighted by molar-refractivity contribution is 0.0679. The van der Waals surface area contributed by atoms with Crippen LogP contribution in [-0.4, -0.2) is 31.3 Å². The Balaban J connectivity index is 1.56. The lowest BCUT2D eigenvalue weighted by atomic mass is 10.2. The quantitative estimate of drug-likeness (QED) is 0.883. The highest BCUT2D eigenvalue weighted by Crippen LogP contribution is 2.21. The Morgan fingerprint density at radius 1 is 1.37 bits per heavy atom. The first-order chi connectivity index (χ1) is 9.31. The van der Waals surface area contributed by atoms with E-state index in [9.17, 15) is 4.79 Å². The van der Waals surface area contributed by atoms with E-state index in [-0.39, 0.29) is 12.0 Å². The van der Waals surface area contributed by atoms with Crippen molar-refractivity contribution in [1.29, 1.82) is 0 Å². The van der Waals surface area contributed by atoms with Gasteiger partial charge in [0, 0.05) is 18.2 Å². The van der Waals surface area contributed by atoms with Crippen LogP contribution in [0.1, 0.15) is 36.0 Å². The van der Waals surface area contributed by atoms with E-state index < -0.39 is 0 Å². The van der Waals surface area contributed by atoms with Crippen molar-refractivity contribution in [3.05, 3.63) is 29.8 Å². The third-order valence-corrected chi connectivity index (χ3v) is 3.47. The lowest BCUT2D eigenvalue weighted by Gasteiger charge is -2.12. The number of benzene rings is 1. The Labute approximate surface area is 113 Å². The molecular weight excluding hydrogens is 242 g/mol. The predicted octanol–water partition coefficient (Wildman–Crippen LogP) is 2.14. The molecule has 1 amide bonds. The average Bonchev–Trinajstić information content (AvgIpc) is 3.09. The van der Waals surface area contributed by atoms with Gasteiger partial charge in [-0.2, -0.15) is 0 Å². The van der Waals surface area contributed by atoms with Gasteiger partial charge in [-0.15, -0.1) is 0 Å². The van der Waals surface area contributed by atoms with Crippen molar-refractivity contribution in [1.82, 2.24) is 5.32 Å². The van der Waals surface area contributed by atoms with Crippen LogP contribution in [0.5, 0.6) is 5.75 Å². The van der Waals surface area contributed by atoms with Gasteiger partial charge in [0.05, 0.1) is 6.10 Å². The monoisotopic (exact) mass is 261 g/mol. The van der Waals surface area contributed by atoms with Gasteiger partial charge in [0.25, 0.3) is 5.91 Å². The molecule has 0 bridgehead atoms. The Morgan fingerprint density at radius 2 is 2.26 bits per heavy atom. The topological polar surface area (TPSA) is 47.6 Å². The Morgan fingerprint density at radius 3 is 3.00 bits per heavy atom. The number of hydrogen-bond donors (Lipinski definition) is 1. The van der Waals surface area contributed by atoms with Crippen LogP contribution in [0.4, 0.5) is 0 Å². The van der Waals surface area contributed by atoms with Gasteiger partial charge in [0.15, 0.2) is 0 Å². The number of carbonyl (C=O) groups excluding carboxylic acids is 1. The predicted molar refractivity (Wildman–Crippen MR) is 71.4 cm³/mol. The molecule has 3 rings (SSSR count). The van der Waals surface area contributed by atoms with Crippen molar-refractivity contribution in [2.45, 2.75) is 37.8 Å². The van der Waals surface area contributed by atoms with Gasteiger partial charge < -0.3 is 14.8 Å². The van der Waals surface area contributed by atoms with Crippen LogP contribution >= 0.6 is 0 Å². The largest absolute Gasteiger partial charge is 0.491 e. The maximum Gasteiger partial charge on any atom is 0.251 e. The molecule has 4 heteroatoms. The second-order valence-electron chi connectivity index (χ2n) is 5.22. The third-order valence-electron chi connectivity index (χ3n) is 3.47. The average molecular weight is 261 g/mol. The van der Waals surface area contributed by atoms with Crippen LogP contribution < -0.4 is 10.1 Å². The van der Waals surface area contributed by atoms with Gasteiger partial charge >= 0.3 is 0 Å². The minimum absolute atomic E-state index is 0.00920. The van der Waals surface area contributed by atoms with Gasteiger partial charge in [0.1, 0.15) is 12.4 Å². The van der Waals surface area contributed by atoms with E-state index in [4.69, 9.17) is 9.47 Å². The molecule has 1 aliphatic heterocycles. The SMILES string of the molecule is O=C(NC1CC1)c1cccc(OCC2CCCO2)c1. The molecule has 1 aromatic carbocycles. The minimum atomic E-state index is -0.00920. The smallest absolute Gasteiger partial charge is 0.251 e. The van der Waals surface area contributed by atoms with Crippen LogP contribution in [0, 0.1) is 0 Å². The van der Waals surface area contributed by atoms with E-state index >= 15 is 0 Å². The number of ether oxygens (including phenoxy) is 2. The molecule has 1 aromatic rings. The standard InChI is InChI=1S/C15H19NO3/c17-15(16-12-6-7-12)11-3-1-4-13(9-11)19-10-14-5-2-8-18-14/h1,3-4,9,12,14H,2,5-8,10H2,(H,16,17). The zero-order valence-electron chi connectivity index (χ0n) is 10.9. The summed E-state index contributed by atoms with van der Waals surface area (Å²) in [4.78, 5) is 11.9. The summed E-state index contributed by atoms with van der Waals surface area (Å²) in [5, 5.41) is 2.98. The summed E-state index contributed by atoms with van der Waals surface area (Å²) in [5.74, 6) is 0.726. The highest BCUT2D eigenvalue weighted by molar-refractivity contribution is 5.94. The van der Waals surface area contributed by atoms with Crippen molar-refractivity contribution >= 4 is 5.91 Å². The van der Waals surface area contributed by atoms with E-state index in [0.717, 1.165) is 38.0 Å². The summed E-state index contributed by atoms with van der Waals surface area (Å²) in [7, 11) is 0. The highest BCUT2D eigenvalue weighted by atomic mass is 16.5. The maximum absolute atomic E-state index is 11.9. The zero-order valence-corrected chi connectivity index (χ0v) is 10.9. The highest BCUT2D eigenvalue weighted by Gasteiger charge is 2.24. The summed E-state index contributed by atoms with van der Waals surface area (Å²) in [5.41, 5.74) is 0.664. The normalized spacial score (nSPS) is 22.2. The van der Waals surface area contributed by atoms with Crippen LogP contribution in [-0.2, 0) is 4.74 Å². The van der Waals surface area contributed by atoms with Crippen molar-refractivity contribution in [2.75, 3.05) is 13.2 Å². The maximum atomic E-state index is 11.9. The second kappa shape index (κ2) is 5.61. The molecule has 1 unspecified atom stereocenters. The van der Waals surface area contributed by atoms with Crippen LogP contribution in [0.2, 0.25) is 0 Å². The minimum Gasteiger partial charge on any atom is -0.491 e. The summed E-state index contributed by atoms with van der Waals surface area (Å²) < 4.78 is 11.2. The number of hydrogen-bond acceptors (Lipinski definition) is 3. The first-order valence-electron chi connectivity index (χ1n) is 6.96. The first-order valence-corrected chi connectivity index (χ1v) is 6.96. The van der Waals surface area contributed by atoms with Crippen LogP contribution in [0.15, 0.2) is 24.3 Å². The number of nitrogens with one attached hydrogen (secondary N) is 1. The molecular formula is C15H19NO3. The molecule has 1 aliphatic carbocycles. The Hall–Kier alpha value is -1.55. The molecule has 2 aliphatic rings. The van der Waals surface area contributed by atoms with Gasteiger partial charge in [-0.3, -0.25) is 4.79 Å². The van der Waals surface area contributed by atoms with Gasteiger partial charge in [-0.05, 0) is 43.9 Å². The molecule has 102 valence electrons. The number of amides is 1. The zero-order chi connectivity index (χ0) is 13.1. The summed E-state index contributed by atoms with van der Waals surface area (Å²) >= 11 is 0. The molecule has 4 nitrogen and oxygen atoms in total. The molecule has 0 spiro atoms. The van der Waals surface area contributed by atoms with Crippen molar-refractivity contribution in [3.63, 3.8) is 0 Å². The van der Waals surface area contributed by atoms with Crippen molar-refractivity contribution in [2.24, 2.45) is 0 Å². The van der Waals surface area contributed by atoms with E-state index in [0.29, 0.717) is 18.2 Å². The molecule has 1 saturated carbocycles. The van der Waals surface area contributed by atoms with E-state index in [1.54, 1.807) is 6.07 Å². The summed E-state index contributed by atoms with van der Waals surface area (Å²) in [6.07, 6.45) is 4.56. The molecule has 19 heavy (non-hydrogen) atoms. The van der Waals surface area contributed by atoms with Crippen LogP contribution in [0.3, 0.4) is 0 Å². The van der Waals surface area contributed by atoms with Gasteiger partial charge in [-0.25, -0.2) is 0 Å². The Bertz CT molecular complexity index is 450.